The van der Waals surface area contributed by atoms with Gasteiger partial charge < -0.3 is 14.8 Å². The van der Waals surface area contributed by atoms with Crippen LogP contribution >= 0.6 is 11.6 Å². The molecule has 0 unspecified atom stereocenters. The Morgan fingerprint density at radius 3 is 2.65 bits per heavy atom. The highest BCUT2D eigenvalue weighted by Crippen LogP contribution is 2.16. The number of benzene rings is 2. The summed E-state index contributed by atoms with van der Waals surface area (Å²) in [6.45, 7) is 3.30. The van der Waals surface area contributed by atoms with Gasteiger partial charge in [-0.3, -0.25) is 10.3 Å². The Hall–Kier alpha value is -3.24. The number of hydrogen-bond donors (Lipinski definition) is 2. The molecule has 0 bridgehead atoms. The molecule has 8 heteroatoms. The first-order chi connectivity index (χ1) is 15.1. The summed E-state index contributed by atoms with van der Waals surface area (Å²) in [7, 11) is 0. The second-order valence-electron chi connectivity index (χ2n) is 6.61. The van der Waals surface area contributed by atoms with Crippen LogP contribution in [0.4, 0.5) is 5.69 Å². The minimum absolute atomic E-state index is 0.312. The van der Waals surface area contributed by atoms with Crippen molar-refractivity contribution in [1.82, 2.24) is 5.32 Å². The number of ether oxygens (including phenoxy) is 2. The van der Waals surface area contributed by atoms with Crippen molar-refractivity contribution in [3.63, 3.8) is 0 Å². The Morgan fingerprint density at radius 2 is 1.90 bits per heavy atom. The molecular weight excluding hydrogens is 416 g/mol. The summed E-state index contributed by atoms with van der Waals surface area (Å²) in [5, 5.41) is 15.2. The Kier molecular flexibility index (Phi) is 10.8. The summed E-state index contributed by atoms with van der Waals surface area (Å²) >= 11 is 5.85. The first kappa shape index (κ1) is 24.0. The van der Waals surface area contributed by atoms with Gasteiger partial charge in [-0.25, -0.2) is 4.79 Å². The highest BCUT2D eigenvalue weighted by atomic mass is 35.5. The smallest absolute Gasteiger partial charge is 0.338 e. The third-order valence-corrected chi connectivity index (χ3v) is 4.47. The number of carbonyl (C=O) groups is 1. The fourth-order valence-electron chi connectivity index (χ4n) is 2.72. The fraction of sp³-hybridized carbons (Fsp3) is 0.348. The lowest BCUT2D eigenvalue weighted by atomic mass is 10.2. The topological polar surface area (TPSA) is 95.7 Å². The number of carbonyl (C=O) groups excluding carboxylic acids is 1. The van der Waals surface area contributed by atoms with E-state index in [1.165, 1.54) is 0 Å². The van der Waals surface area contributed by atoms with Gasteiger partial charge in [0.25, 0.3) is 0 Å². The molecular formula is C23H27ClN4O3. The number of halogens is 1. The molecule has 0 saturated heterocycles. The van der Waals surface area contributed by atoms with Gasteiger partial charge in [0.2, 0.25) is 5.96 Å². The Labute approximate surface area is 188 Å². The summed E-state index contributed by atoms with van der Waals surface area (Å²) in [6, 6.07) is 14.2. The van der Waals surface area contributed by atoms with E-state index >= 15 is 0 Å². The molecule has 0 saturated carbocycles. The Bertz CT molecular complexity index is 894. The predicted octanol–water partition coefficient (Wildman–Crippen LogP) is 4.99. The molecule has 0 fully saturated rings. The van der Waals surface area contributed by atoms with Gasteiger partial charge in [-0.15, -0.1) is 0 Å². The van der Waals surface area contributed by atoms with Crippen LogP contribution in [0.2, 0.25) is 5.02 Å². The van der Waals surface area contributed by atoms with E-state index in [0.29, 0.717) is 42.0 Å². The number of nitriles is 1. The van der Waals surface area contributed by atoms with E-state index in [1.807, 2.05) is 30.5 Å². The fourth-order valence-corrected chi connectivity index (χ4v) is 2.84. The lowest BCUT2D eigenvalue weighted by Gasteiger charge is -2.09. The highest BCUT2D eigenvalue weighted by Gasteiger charge is 2.07. The van der Waals surface area contributed by atoms with Gasteiger partial charge in [0.1, 0.15) is 5.75 Å². The number of guanidine groups is 1. The molecule has 164 valence electrons. The Balaban J connectivity index is 1.71. The molecule has 0 aliphatic heterocycles. The van der Waals surface area contributed by atoms with Crippen molar-refractivity contribution in [2.75, 3.05) is 25.1 Å². The summed E-state index contributed by atoms with van der Waals surface area (Å²) in [5.41, 5.74) is 1.08. The van der Waals surface area contributed by atoms with Crippen LogP contribution in [-0.4, -0.2) is 31.7 Å². The van der Waals surface area contributed by atoms with Gasteiger partial charge in [-0.2, -0.15) is 5.26 Å². The number of esters is 1. The normalized spacial score (nSPS) is 10.8. The van der Waals surface area contributed by atoms with Gasteiger partial charge in [-0.1, -0.05) is 24.1 Å². The first-order valence-corrected chi connectivity index (χ1v) is 10.6. The van der Waals surface area contributed by atoms with Crippen LogP contribution in [0.1, 0.15) is 43.0 Å². The molecule has 2 aromatic carbocycles. The van der Waals surface area contributed by atoms with E-state index < -0.39 is 5.97 Å². The third-order valence-electron chi connectivity index (χ3n) is 4.22. The van der Waals surface area contributed by atoms with Crippen LogP contribution < -0.4 is 15.4 Å². The molecule has 0 amide bonds. The molecule has 2 aromatic rings. The van der Waals surface area contributed by atoms with E-state index in [9.17, 15) is 4.79 Å². The van der Waals surface area contributed by atoms with Crippen LogP contribution in [0.25, 0.3) is 0 Å². The lowest BCUT2D eigenvalue weighted by molar-refractivity contribution is 0.0526. The number of nitrogens with zero attached hydrogens (tertiary/aromatic N) is 2. The summed E-state index contributed by atoms with van der Waals surface area (Å²) in [4.78, 5) is 16.3. The van der Waals surface area contributed by atoms with E-state index in [2.05, 4.69) is 15.6 Å². The number of nitrogens with one attached hydrogen (secondary N) is 2. The molecule has 0 aromatic heterocycles. The molecule has 7 nitrogen and oxygen atoms in total. The second-order valence-corrected chi connectivity index (χ2v) is 7.05. The predicted molar refractivity (Wildman–Crippen MR) is 122 cm³/mol. The zero-order chi connectivity index (χ0) is 22.3. The average Bonchev–Trinajstić information content (AvgIpc) is 2.77. The van der Waals surface area contributed by atoms with Crippen molar-refractivity contribution < 1.29 is 14.3 Å². The summed E-state index contributed by atoms with van der Waals surface area (Å²) in [5.74, 6) is 0.770. The minimum atomic E-state index is -0.391. The third kappa shape index (κ3) is 9.41. The minimum Gasteiger partial charge on any atom is -0.494 e. The molecule has 2 rings (SSSR count). The van der Waals surface area contributed by atoms with E-state index in [0.717, 1.165) is 31.4 Å². The zero-order valence-corrected chi connectivity index (χ0v) is 18.3. The van der Waals surface area contributed by atoms with Crippen molar-refractivity contribution in [3.8, 4) is 11.9 Å². The monoisotopic (exact) mass is 442 g/mol. The van der Waals surface area contributed by atoms with Crippen molar-refractivity contribution in [3.05, 3.63) is 59.1 Å². The zero-order valence-electron chi connectivity index (χ0n) is 17.6. The maximum absolute atomic E-state index is 11.9. The maximum atomic E-state index is 11.9. The van der Waals surface area contributed by atoms with Crippen LogP contribution in [0.15, 0.2) is 53.5 Å². The lowest BCUT2D eigenvalue weighted by Crippen LogP contribution is -2.27. The number of aliphatic imine (C=N–C) groups is 1. The quantitative estimate of drug-likeness (QED) is 0.127. The first-order valence-electron chi connectivity index (χ1n) is 10.2. The van der Waals surface area contributed by atoms with Crippen LogP contribution in [0.5, 0.6) is 5.75 Å². The van der Waals surface area contributed by atoms with Crippen LogP contribution in [0.3, 0.4) is 0 Å². The molecule has 31 heavy (non-hydrogen) atoms. The second kappa shape index (κ2) is 13.9. The largest absolute Gasteiger partial charge is 0.494 e. The average molecular weight is 443 g/mol. The van der Waals surface area contributed by atoms with Gasteiger partial charge in [-0.05, 0) is 68.7 Å². The van der Waals surface area contributed by atoms with E-state index in [-0.39, 0.29) is 0 Å². The van der Waals surface area contributed by atoms with E-state index in [1.54, 1.807) is 31.2 Å². The van der Waals surface area contributed by atoms with Crippen molar-refractivity contribution in [1.29, 1.82) is 5.26 Å². The molecule has 0 aliphatic rings. The van der Waals surface area contributed by atoms with Crippen molar-refractivity contribution in [2.24, 2.45) is 4.99 Å². The molecule has 0 heterocycles. The Morgan fingerprint density at radius 1 is 1.13 bits per heavy atom. The van der Waals surface area contributed by atoms with E-state index in [4.69, 9.17) is 26.3 Å². The summed E-state index contributed by atoms with van der Waals surface area (Å²) < 4.78 is 10.7. The molecule has 0 atom stereocenters. The van der Waals surface area contributed by atoms with Crippen molar-refractivity contribution in [2.45, 2.75) is 32.6 Å². The van der Waals surface area contributed by atoms with Crippen molar-refractivity contribution >= 4 is 29.2 Å². The SMILES string of the molecule is CCOC(=O)c1cccc(NC(=NCCCCCCOc2ccc(Cl)cc2)NC#N)c1. The number of anilines is 1. The summed E-state index contributed by atoms with van der Waals surface area (Å²) in [6.07, 6.45) is 5.75. The van der Waals surface area contributed by atoms with Gasteiger partial charge in [0.15, 0.2) is 6.19 Å². The van der Waals surface area contributed by atoms with Crippen LogP contribution in [-0.2, 0) is 4.74 Å². The molecule has 2 N–H and O–H groups in total. The van der Waals surface area contributed by atoms with Gasteiger partial charge in [0.05, 0.1) is 18.8 Å². The number of rotatable bonds is 11. The van der Waals surface area contributed by atoms with Gasteiger partial charge in [0, 0.05) is 17.3 Å². The molecule has 0 aliphatic carbocycles. The number of unbranched alkanes of at least 4 members (excludes halogenated alkanes) is 3. The molecule has 0 spiro atoms. The van der Waals surface area contributed by atoms with Gasteiger partial charge >= 0.3 is 5.97 Å². The highest BCUT2D eigenvalue weighted by molar-refractivity contribution is 6.30. The standard InChI is InChI=1S/C23H27ClN4O3/c1-2-30-22(29)18-8-7-9-20(16-18)28-23(27-17-25)26-14-5-3-4-6-15-31-21-12-10-19(24)11-13-21/h7-13,16H,2-6,14-15H2,1H3,(H2,26,27,28). The van der Waals surface area contributed by atoms with Crippen LogP contribution in [0, 0.1) is 11.5 Å². The maximum Gasteiger partial charge on any atom is 0.338 e. The molecule has 0 radical (unpaired) electrons. The number of hydrogen-bond acceptors (Lipinski definition) is 5.